The predicted octanol–water partition coefficient (Wildman–Crippen LogP) is 2.98. The fourth-order valence-corrected chi connectivity index (χ4v) is 4.19. The van der Waals surface area contributed by atoms with Gasteiger partial charge in [0.05, 0.1) is 10.0 Å². The van der Waals surface area contributed by atoms with Gasteiger partial charge in [-0.05, 0) is 57.2 Å². The molecule has 2 rings (SSSR count). The number of carbonyl (C=O) groups excluding carboxylic acids is 2. The summed E-state index contributed by atoms with van der Waals surface area (Å²) in [6, 6.07) is 8.56. The molecule has 0 aliphatic rings. The zero-order valence-electron chi connectivity index (χ0n) is 18.4. The van der Waals surface area contributed by atoms with Crippen LogP contribution in [-0.2, 0) is 20.0 Å². The lowest BCUT2D eigenvalue weighted by Gasteiger charge is -2.20. The maximum atomic E-state index is 11.7. The normalized spacial score (nSPS) is 11.7. The van der Waals surface area contributed by atoms with E-state index in [2.05, 4.69) is 4.72 Å². The van der Waals surface area contributed by atoms with Gasteiger partial charge in [-0.25, -0.2) is 26.7 Å². The SMILES string of the molecule is CC(C)(C)NS(=O)(=O)COc1ccc(C=O)c(Cl)c1.NS(=O)(=O)COc1ccc(C=O)c(Cl)c1. The average Bonchev–Trinajstić information content (AvgIpc) is 2.69. The minimum atomic E-state index is -3.69. The Morgan fingerprint density at radius 1 is 0.853 bits per heavy atom. The highest BCUT2D eigenvalue weighted by molar-refractivity contribution is 7.89. The quantitative estimate of drug-likeness (QED) is 0.447. The summed E-state index contributed by atoms with van der Waals surface area (Å²) in [5, 5.41) is 5.14. The van der Waals surface area contributed by atoms with Crippen LogP contribution in [0.1, 0.15) is 41.5 Å². The number of hydrogen-bond donors (Lipinski definition) is 2. The molecule has 0 saturated carbocycles. The lowest BCUT2D eigenvalue weighted by Crippen LogP contribution is -2.42. The second kappa shape index (κ2) is 12.5. The molecule has 188 valence electrons. The summed E-state index contributed by atoms with van der Waals surface area (Å²) < 4.78 is 57.0. The third-order valence-electron chi connectivity index (χ3n) is 3.43. The summed E-state index contributed by atoms with van der Waals surface area (Å²) in [4.78, 5) is 21.0. The van der Waals surface area contributed by atoms with E-state index in [1.165, 1.54) is 36.4 Å². The summed E-state index contributed by atoms with van der Waals surface area (Å²) in [6.45, 7) is 5.21. The molecule has 0 spiro atoms. The van der Waals surface area contributed by atoms with Crippen molar-refractivity contribution in [1.82, 2.24) is 4.72 Å². The molecular weight excluding hydrogens is 531 g/mol. The summed E-state index contributed by atoms with van der Waals surface area (Å²) in [7, 11) is -7.24. The molecule has 0 bridgehead atoms. The summed E-state index contributed by atoms with van der Waals surface area (Å²) in [5.74, 6) is -0.625. The van der Waals surface area contributed by atoms with E-state index < -0.39 is 37.5 Å². The molecule has 0 unspecified atom stereocenters. The van der Waals surface area contributed by atoms with E-state index in [4.69, 9.17) is 37.8 Å². The van der Waals surface area contributed by atoms with Gasteiger partial charge in [0.25, 0.3) is 0 Å². The Kier molecular flexibility index (Phi) is 10.9. The van der Waals surface area contributed by atoms with Crippen LogP contribution in [0.2, 0.25) is 10.0 Å². The van der Waals surface area contributed by atoms with Crippen molar-refractivity contribution in [2.24, 2.45) is 5.14 Å². The van der Waals surface area contributed by atoms with E-state index in [1.54, 1.807) is 20.8 Å². The first-order chi connectivity index (χ1) is 15.5. The predicted molar refractivity (Wildman–Crippen MR) is 130 cm³/mol. The van der Waals surface area contributed by atoms with Gasteiger partial charge in [0.15, 0.2) is 12.6 Å². The van der Waals surface area contributed by atoms with Crippen molar-refractivity contribution in [1.29, 1.82) is 0 Å². The molecule has 0 aliphatic heterocycles. The molecule has 14 heteroatoms. The molecule has 0 heterocycles. The first kappa shape index (κ1) is 29.8. The van der Waals surface area contributed by atoms with Crippen molar-refractivity contribution in [3.8, 4) is 11.5 Å². The number of rotatable bonds is 9. The van der Waals surface area contributed by atoms with Crippen molar-refractivity contribution in [3.63, 3.8) is 0 Å². The highest BCUT2D eigenvalue weighted by atomic mass is 35.5. The molecule has 0 amide bonds. The Labute approximate surface area is 208 Å². The number of nitrogens with two attached hydrogens (primary N) is 1. The maximum Gasteiger partial charge on any atom is 0.247 e. The van der Waals surface area contributed by atoms with Crippen LogP contribution in [0.3, 0.4) is 0 Å². The van der Waals surface area contributed by atoms with Gasteiger partial charge in [0, 0.05) is 16.7 Å². The summed E-state index contributed by atoms with van der Waals surface area (Å²) >= 11 is 11.5. The van der Waals surface area contributed by atoms with Gasteiger partial charge in [-0.2, -0.15) is 0 Å². The third-order valence-corrected chi connectivity index (χ3v) is 5.88. The average molecular weight is 555 g/mol. The number of primary sulfonamides is 1. The lowest BCUT2D eigenvalue weighted by atomic mass is 10.1. The fraction of sp³-hybridized carbons (Fsp3) is 0.300. The number of nitrogens with one attached hydrogen (secondary N) is 1. The molecule has 2 aromatic carbocycles. The topological polar surface area (TPSA) is 159 Å². The third kappa shape index (κ3) is 11.8. The number of carbonyl (C=O) groups is 2. The number of sulfonamides is 2. The zero-order valence-corrected chi connectivity index (χ0v) is 21.6. The van der Waals surface area contributed by atoms with Crippen LogP contribution in [0.4, 0.5) is 0 Å². The largest absolute Gasteiger partial charge is 0.476 e. The minimum Gasteiger partial charge on any atom is -0.476 e. The summed E-state index contributed by atoms with van der Waals surface area (Å²) in [5.41, 5.74) is 0.0608. The monoisotopic (exact) mass is 554 g/mol. The molecule has 10 nitrogen and oxygen atoms in total. The first-order valence-corrected chi connectivity index (χ1v) is 13.4. The standard InChI is InChI=1S/C12H16ClNO4S.C8H8ClNO4S/c1-12(2,3)14-19(16,17)8-18-10-5-4-9(7-15)11(13)6-10;9-8-3-7(2-1-6(8)4-11)14-5-15(10,12)13/h4-7,14H,8H2,1-3H3;1-4H,5H2,(H2,10,12,13). The van der Waals surface area contributed by atoms with E-state index in [9.17, 15) is 26.4 Å². The van der Waals surface area contributed by atoms with Gasteiger partial charge in [0.2, 0.25) is 31.9 Å². The number of halogens is 2. The van der Waals surface area contributed by atoms with Crippen LogP contribution in [0, 0.1) is 0 Å². The van der Waals surface area contributed by atoms with Crippen LogP contribution in [0.25, 0.3) is 0 Å². The first-order valence-electron chi connectivity index (χ1n) is 9.32. The second-order valence-electron chi connectivity index (χ2n) is 7.76. The van der Waals surface area contributed by atoms with Crippen LogP contribution in [-0.4, -0.2) is 46.8 Å². The highest BCUT2D eigenvalue weighted by Crippen LogP contribution is 2.22. The van der Waals surface area contributed by atoms with Crippen LogP contribution < -0.4 is 19.3 Å². The van der Waals surface area contributed by atoms with Crippen molar-refractivity contribution < 1.29 is 35.9 Å². The van der Waals surface area contributed by atoms with E-state index in [0.29, 0.717) is 23.7 Å². The van der Waals surface area contributed by atoms with Crippen LogP contribution in [0.5, 0.6) is 11.5 Å². The molecule has 0 saturated heterocycles. The van der Waals surface area contributed by atoms with E-state index in [1.807, 2.05) is 0 Å². The Hall–Kier alpha value is -2.22. The smallest absolute Gasteiger partial charge is 0.247 e. The van der Waals surface area contributed by atoms with Gasteiger partial charge in [0.1, 0.15) is 11.5 Å². The van der Waals surface area contributed by atoms with E-state index >= 15 is 0 Å². The van der Waals surface area contributed by atoms with Crippen molar-refractivity contribution >= 4 is 55.8 Å². The fourth-order valence-electron chi connectivity index (χ4n) is 2.18. The molecule has 0 radical (unpaired) electrons. The molecule has 34 heavy (non-hydrogen) atoms. The van der Waals surface area contributed by atoms with Gasteiger partial charge in [-0.15, -0.1) is 0 Å². The number of ether oxygens (including phenoxy) is 2. The van der Waals surface area contributed by atoms with Crippen molar-refractivity contribution in [2.75, 3.05) is 11.9 Å². The Balaban J connectivity index is 0.000000350. The molecular formula is C20H24Cl2N2O8S2. The number of hydrogen-bond acceptors (Lipinski definition) is 8. The molecule has 0 aliphatic carbocycles. The molecule has 0 fully saturated rings. The van der Waals surface area contributed by atoms with Gasteiger partial charge < -0.3 is 9.47 Å². The van der Waals surface area contributed by atoms with Crippen molar-refractivity contribution in [3.05, 3.63) is 57.6 Å². The Morgan fingerprint density at radius 3 is 1.59 bits per heavy atom. The van der Waals surface area contributed by atoms with Gasteiger partial charge in [-0.3, -0.25) is 9.59 Å². The number of aldehydes is 2. The minimum absolute atomic E-state index is 0.192. The second-order valence-corrected chi connectivity index (χ2v) is 11.8. The number of benzene rings is 2. The van der Waals surface area contributed by atoms with Crippen LogP contribution >= 0.6 is 23.2 Å². The molecule has 2 aromatic rings. The summed E-state index contributed by atoms with van der Waals surface area (Å²) in [6.07, 6.45) is 1.20. The molecule has 0 atom stereocenters. The van der Waals surface area contributed by atoms with Crippen molar-refractivity contribution in [2.45, 2.75) is 26.3 Å². The Bertz CT molecular complexity index is 1230. The molecule has 0 aromatic heterocycles. The zero-order chi connectivity index (χ0) is 26.2. The van der Waals surface area contributed by atoms with Gasteiger partial charge >= 0.3 is 0 Å². The maximum absolute atomic E-state index is 11.7. The molecule has 3 N–H and O–H groups in total. The Morgan fingerprint density at radius 2 is 1.26 bits per heavy atom. The lowest BCUT2D eigenvalue weighted by molar-refractivity contribution is 0.111. The van der Waals surface area contributed by atoms with Gasteiger partial charge in [-0.1, -0.05) is 23.2 Å². The highest BCUT2D eigenvalue weighted by Gasteiger charge is 2.20. The van der Waals surface area contributed by atoms with E-state index in [0.717, 1.165) is 0 Å². The van der Waals surface area contributed by atoms with E-state index in [-0.39, 0.29) is 21.5 Å². The van der Waals surface area contributed by atoms with Crippen LogP contribution in [0.15, 0.2) is 36.4 Å².